The number of hydrogen-bond acceptors (Lipinski definition) is 4. The van der Waals surface area contributed by atoms with Crippen LogP contribution >= 0.6 is 0 Å². The molecule has 0 aliphatic carbocycles. The van der Waals surface area contributed by atoms with Crippen LogP contribution in [0, 0.1) is 66.7 Å². The van der Waals surface area contributed by atoms with E-state index < -0.39 is 0 Å². The topological polar surface area (TPSA) is 72.3 Å². The third kappa shape index (κ3) is 10.0. The standard InChI is InChI=1S/C84H64N6/c1-50-32-51(2)37-66(36-50)60-23-28-76-72(44-60)73-45-61(67-38-52(3)33-53(4)39-67)24-29-77(73)89(76)80-48-64(84-87-82(58-16-11-9-12-17-58)86-83(88-84)59-18-13-10-14-19-59)22-27-70(80)71-21-15-20-65(49-85)81(71)90-78-30-25-62(68-40-54(5)34-55(6)41-68)46-74(78)75-47-63(26-31-79(75)90)69-42-56(7)35-57(8)43-69/h9-48H,1-8H3. The second-order valence-corrected chi connectivity index (χ2v) is 24.7. The lowest BCUT2D eigenvalue weighted by molar-refractivity contribution is 1.07. The van der Waals surface area contributed by atoms with Gasteiger partial charge in [-0.1, -0.05) is 226 Å². The molecule has 0 unspecified atom stereocenters. The van der Waals surface area contributed by atoms with Gasteiger partial charge < -0.3 is 9.13 Å². The van der Waals surface area contributed by atoms with Gasteiger partial charge in [-0.15, -0.1) is 0 Å². The summed E-state index contributed by atoms with van der Waals surface area (Å²) in [5, 5.41) is 16.0. The molecule has 0 aliphatic heterocycles. The first-order chi connectivity index (χ1) is 43.8. The molecule has 0 radical (unpaired) electrons. The SMILES string of the molecule is Cc1cc(C)cc(-c2ccc3c(c2)c2cc(-c4cc(C)cc(C)c4)ccc2n3-c2cc(-c3nc(-c4ccccc4)nc(-c4ccccc4)n3)ccc2-c2cccc(C#N)c2-n2c3ccc(-c4cc(C)cc(C)c4)cc3c3cc(-c4cc(C)cc(C)c4)ccc32)c1. The molecule has 0 N–H and O–H groups in total. The average molecular weight is 1160 g/mol. The first-order valence-electron chi connectivity index (χ1n) is 30.8. The van der Waals surface area contributed by atoms with Crippen molar-refractivity contribution in [1.29, 1.82) is 5.26 Å². The van der Waals surface area contributed by atoms with E-state index >= 15 is 0 Å². The van der Waals surface area contributed by atoms with Crippen molar-refractivity contribution >= 4 is 43.6 Å². The second-order valence-electron chi connectivity index (χ2n) is 24.7. The predicted octanol–water partition coefficient (Wildman–Crippen LogP) is 21.7. The molecular formula is C84H64N6. The smallest absolute Gasteiger partial charge is 0.164 e. The van der Waals surface area contributed by atoms with Gasteiger partial charge in [0.2, 0.25) is 0 Å². The summed E-state index contributed by atoms with van der Waals surface area (Å²) in [6, 6.07) is 90.5. The van der Waals surface area contributed by atoms with Crippen LogP contribution in [-0.4, -0.2) is 24.1 Å². The van der Waals surface area contributed by atoms with Gasteiger partial charge in [-0.3, -0.25) is 0 Å². The second kappa shape index (κ2) is 22.2. The first kappa shape index (κ1) is 55.3. The Bertz CT molecular complexity index is 5110. The number of aromatic nitrogens is 5. The van der Waals surface area contributed by atoms with E-state index in [1.54, 1.807) is 0 Å². The lowest BCUT2D eigenvalue weighted by atomic mass is 9.96. The van der Waals surface area contributed by atoms with E-state index in [-0.39, 0.29) is 0 Å². The van der Waals surface area contributed by atoms with Crippen molar-refractivity contribution in [3.8, 4) is 107 Å². The van der Waals surface area contributed by atoms with Crippen LogP contribution in [0.25, 0.3) is 145 Å². The third-order valence-electron chi connectivity index (χ3n) is 17.6. The lowest BCUT2D eigenvalue weighted by Gasteiger charge is -2.20. The van der Waals surface area contributed by atoms with Gasteiger partial charge in [-0.25, -0.2) is 15.0 Å². The number of fused-ring (bicyclic) bond motifs is 6. The summed E-state index contributed by atoms with van der Waals surface area (Å²) < 4.78 is 4.77. The van der Waals surface area contributed by atoms with E-state index in [9.17, 15) is 5.26 Å². The Kier molecular flexibility index (Phi) is 13.6. The summed E-state index contributed by atoms with van der Waals surface area (Å²) in [5.41, 5.74) is 29.7. The number of nitrogens with zero attached hydrogens (tertiary/aromatic N) is 6. The summed E-state index contributed by atoms with van der Waals surface area (Å²) in [5.74, 6) is 1.70. The molecule has 0 fully saturated rings. The van der Waals surface area contributed by atoms with Gasteiger partial charge in [-0.2, -0.15) is 5.26 Å². The number of aryl methyl sites for hydroxylation is 8. The fraction of sp³-hybridized carbons (Fsp3) is 0.0952. The number of rotatable bonds is 10. The normalized spacial score (nSPS) is 11.5. The van der Waals surface area contributed by atoms with E-state index in [0.717, 1.165) is 105 Å². The number of benzene rings is 12. The lowest BCUT2D eigenvalue weighted by Crippen LogP contribution is -2.05. The monoisotopic (exact) mass is 1160 g/mol. The van der Waals surface area contributed by atoms with E-state index in [1.807, 2.05) is 72.8 Å². The Labute approximate surface area is 525 Å². The molecule has 15 rings (SSSR count). The number of para-hydroxylation sites is 1. The van der Waals surface area contributed by atoms with Gasteiger partial charge in [0.25, 0.3) is 0 Å². The van der Waals surface area contributed by atoms with Crippen molar-refractivity contribution < 1.29 is 0 Å². The molecular weight excluding hydrogens is 1090 g/mol. The minimum absolute atomic E-state index is 0.540. The molecule has 0 atom stereocenters. The average Bonchev–Trinajstić information content (AvgIpc) is 1.58. The Hall–Kier alpha value is -11.3. The van der Waals surface area contributed by atoms with Gasteiger partial charge in [0.15, 0.2) is 17.5 Å². The highest BCUT2D eigenvalue weighted by Crippen LogP contribution is 2.46. The van der Waals surface area contributed by atoms with Crippen molar-refractivity contribution in [1.82, 2.24) is 24.1 Å². The Morgan fingerprint density at radius 2 is 0.600 bits per heavy atom. The van der Waals surface area contributed by atoms with Crippen LogP contribution in [0.2, 0.25) is 0 Å². The quantitative estimate of drug-likeness (QED) is 0.137. The van der Waals surface area contributed by atoms with Crippen molar-refractivity contribution in [2.24, 2.45) is 0 Å². The van der Waals surface area contributed by atoms with Crippen molar-refractivity contribution in [2.75, 3.05) is 0 Å². The summed E-state index contributed by atoms with van der Waals surface area (Å²) >= 11 is 0. The van der Waals surface area contributed by atoms with Crippen molar-refractivity contribution in [3.63, 3.8) is 0 Å². The Morgan fingerprint density at radius 1 is 0.267 bits per heavy atom. The molecule has 6 heteroatoms. The summed E-state index contributed by atoms with van der Waals surface area (Å²) in [7, 11) is 0. The summed E-state index contributed by atoms with van der Waals surface area (Å²) in [6.45, 7) is 17.3. The molecule has 3 heterocycles. The van der Waals surface area contributed by atoms with Crippen molar-refractivity contribution in [2.45, 2.75) is 55.4 Å². The molecule has 3 aromatic heterocycles. The van der Waals surface area contributed by atoms with Crippen molar-refractivity contribution in [3.05, 3.63) is 293 Å². The zero-order valence-corrected chi connectivity index (χ0v) is 51.8. The maximum absolute atomic E-state index is 11.6. The highest BCUT2D eigenvalue weighted by atomic mass is 15.0. The molecule has 90 heavy (non-hydrogen) atoms. The van der Waals surface area contributed by atoms with Crippen LogP contribution in [0.5, 0.6) is 0 Å². The molecule has 0 bridgehead atoms. The zero-order chi connectivity index (χ0) is 61.5. The minimum atomic E-state index is 0.540. The van der Waals surface area contributed by atoms with Gasteiger partial charge in [0.05, 0.1) is 39.0 Å². The third-order valence-corrected chi connectivity index (χ3v) is 17.6. The van der Waals surface area contributed by atoms with Gasteiger partial charge >= 0.3 is 0 Å². The molecule has 12 aromatic carbocycles. The molecule has 15 aromatic rings. The Balaban J connectivity index is 1.04. The van der Waals surface area contributed by atoms with E-state index in [2.05, 4.69) is 240 Å². The van der Waals surface area contributed by atoms with E-state index in [4.69, 9.17) is 15.0 Å². The maximum Gasteiger partial charge on any atom is 0.164 e. The van der Waals surface area contributed by atoms with Gasteiger partial charge in [0, 0.05) is 49.4 Å². The van der Waals surface area contributed by atoms with E-state index in [1.165, 1.54) is 66.8 Å². The maximum atomic E-state index is 11.6. The molecule has 6 nitrogen and oxygen atoms in total. The molecule has 0 spiro atoms. The fourth-order valence-corrected chi connectivity index (χ4v) is 13.9. The highest BCUT2D eigenvalue weighted by Gasteiger charge is 2.26. The fourth-order valence-electron chi connectivity index (χ4n) is 13.9. The van der Waals surface area contributed by atoms with Crippen LogP contribution in [-0.2, 0) is 0 Å². The number of nitriles is 1. The summed E-state index contributed by atoms with van der Waals surface area (Å²) in [6.07, 6.45) is 0. The highest BCUT2D eigenvalue weighted by molar-refractivity contribution is 6.14. The zero-order valence-electron chi connectivity index (χ0n) is 51.8. The Morgan fingerprint density at radius 3 is 0.956 bits per heavy atom. The minimum Gasteiger partial charge on any atom is -0.309 e. The predicted molar refractivity (Wildman–Crippen MR) is 375 cm³/mol. The van der Waals surface area contributed by atoms with Gasteiger partial charge in [-0.05, 0) is 161 Å². The number of hydrogen-bond donors (Lipinski definition) is 0. The van der Waals surface area contributed by atoms with Crippen LogP contribution < -0.4 is 0 Å². The first-order valence-corrected chi connectivity index (χ1v) is 30.8. The summed E-state index contributed by atoms with van der Waals surface area (Å²) in [4.78, 5) is 15.8. The largest absolute Gasteiger partial charge is 0.309 e. The molecule has 0 saturated heterocycles. The van der Waals surface area contributed by atoms with Crippen LogP contribution in [0.3, 0.4) is 0 Å². The van der Waals surface area contributed by atoms with Crippen LogP contribution in [0.15, 0.2) is 243 Å². The van der Waals surface area contributed by atoms with E-state index in [0.29, 0.717) is 23.0 Å². The molecule has 0 amide bonds. The van der Waals surface area contributed by atoms with Gasteiger partial charge in [0.1, 0.15) is 6.07 Å². The molecule has 430 valence electrons. The van der Waals surface area contributed by atoms with Crippen LogP contribution in [0.1, 0.15) is 50.1 Å². The van der Waals surface area contributed by atoms with Crippen LogP contribution in [0.4, 0.5) is 0 Å². The molecule has 0 saturated carbocycles. The molecule has 0 aliphatic rings.